The smallest absolute Gasteiger partial charge is 0.339 e. The zero-order valence-electron chi connectivity index (χ0n) is 20.8. The van der Waals surface area contributed by atoms with Crippen molar-refractivity contribution in [2.24, 2.45) is 0 Å². The van der Waals surface area contributed by atoms with Crippen molar-refractivity contribution in [2.75, 3.05) is 31.6 Å². The van der Waals surface area contributed by atoms with Crippen molar-refractivity contribution in [2.45, 2.75) is 59.1 Å². The van der Waals surface area contributed by atoms with Gasteiger partial charge >= 0.3 is 5.97 Å². The number of anilines is 1. The molecule has 1 atom stereocenters. The minimum absolute atomic E-state index is 0.0611. The summed E-state index contributed by atoms with van der Waals surface area (Å²) in [5.41, 5.74) is 0.204. The maximum Gasteiger partial charge on any atom is 0.339 e. The number of hydrogen-bond acceptors (Lipinski definition) is 7. The molecule has 1 aliphatic heterocycles. The fraction of sp³-hybridized carbons (Fsp3) is 0.520. The highest BCUT2D eigenvalue weighted by molar-refractivity contribution is 5.97. The van der Waals surface area contributed by atoms with Crippen molar-refractivity contribution in [3.63, 3.8) is 0 Å². The van der Waals surface area contributed by atoms with Crippen LogP contribution in [0, 0.1) is 0 Å². The standard InChI is InChI=1S/C25H34N4O6/c1-5-33-21-15-19(9-10-20(21)34-16-23(30)28-13-7-6-8-14-28)25(32)35-18(4)24(31)27-22-11-12-26-29(22)17(2)3/h9-12,15,17-18H,5-8,13-14,16H2,1-4H3,(H,27,31). The summed E-state index contributed by atoms with van der Waals surface area (Å²) in [6.45, 7) is 8.93. The Morgan fingerprint density at radius 3 is 2.46 bits per heavy atom. The Hall–Kier alpha value is -3.56. The van der Waals surface area contributed by atoms with Crippen molar-refractivity contribution in [1.82, 2.24) is 14.7 Å². The van der Waals surface area contributed by atoms with Gasteiger partial charge in [0.15, 0.2) is 24.2 Å². The molecule has 10 heteroatoms. The van der Waals surface area contributed by atoms with Crippen LogP contribution in [0.1, 0.15) is 63.4 Å². The second-order valence-electron chi connectivity index (χ2n) is 8.62. The van der Waals surface area contributed by atoms with E-state index < -0.39 is 18.0 Å². The van der Waals surface area contributed by atoms with E-state index in [1.54, 1.807) is 27.9 Å². The summed E-state index contributed by atoms with van der Waals surface area (Å²) in [5, 5.41) is 6.90. The predicted octanol–water partition coefficient (Wildman–Crippen LogP) is 3.44. The molecule has 190 valence electrons. The van der Waals surface area contributed by atoms with Gasteiger partial charge in [0.05, 0.1) is 18.4 Å². The number of carbonyl (C=O) groups excluding carboxylic acids is 3. The van der Waals surface area contributed by atoms with Gasteiger partial charge in [-0.1, -0.05) is 0 Å². The molecule has 2 aromatic rings. The molecule has 1 fully saturated rings. The zero-order chi connectivity index (χ0) is 25.4. The van der Waals surface area contributed by atoms with Crippen molar-refractivity contribution in [3.05, 3.63) is 36.0 Å². The summed E-state index contributed by atoms with van der Waals surface area (Å²) in [6.07, 6.45) is 3.70. The lowest BCUT2D eigenvalue weighted by Gasteiger charge is -2.26. The first-order chi connectivity index (χ1) is 16.8. The van der Waals surface area contributed by atoms with E-state index in [2.05, 4.69) is 10.4 Å². The first-order valence-corrected chi connectivity index (χ1v) is 12.0. The Kier molecular flexibility index (Phi) is 9.11. The molecular weight excluding hydrogens is 452 g/mol. The van der Waals surface area contributed by atoms with Crippen molar-refractivity contribution in [1.29, 1.82) is 0 Å². The van der Waals surface area contributed by atoms with Gasteiger partial charge in [-0.25, -0.2) is 9.48 Å². The van der Waals surface area contributed by atoms with E-state index in [0.29, 0.717) is 23.9 Å². The molecule has 10 nitrogen and oxygen atoms in total. The predicted molar refractivity (Wildman–Crippen MR) is 130 cm³/mol. The average Bonchev–Trinajstić information content (AvgIpc) is 3.32. The van der Waals surface area contributed by atoms with Gasteiger partial charge in [0.25, 0.3) is 11.8 Å². The number of aromatic nitrogens is 2. The second-order valence-corrected chi connectivity index (χ2v) is 8.62. The van der Waals surface area contributed by atoms with Crippen molar-refractivity contribution >= 4 is 23.6 Å². The first kappa shape index (κ1) is 26.1. The molecule has 0 spiro atoms. The second kappa shape index (κ2) is 12.2. The van der Waals surface area contributed by atoms with Crippen LogP contribution in [0.15, 0.2) is 30.5 Å². The molecule has 1 saturated heterocycles. The molecule has 3 rings (SSSR count). The number of amides is 2. The van der Waals surface area contributed by atoms with E-state index in [0.717, 1.165) is 32.4 Å². The Balaban J connectivity index is 1.61. The molecular formula is C25H34N4O6. The van der Waals surface area contributed by atoms with Gasteiger partial charge in [-0.2, -0.15) is 5.10 Å². The van der Waals surface area contributed by atoms with E-state index in [4.69, 9.17) is 14.2 Å². The summed E-state index contributed by atoms with van der Waals surface area (Å²) < 4.78 is 18.3. The monoisotopic (exact) mass is 486 g/mol. The molecule has 1 aliphatic rings. The molecule has 0 radical (unpaired) electrons. The lowest BCUT2D eigenvalue weighted by molar-refractivity contribution is -0.134. The van der Waals surface area contributed by atoms with Crippen LogP contribution in [0.25, 0.3) is 0 Å². The van der Waals surface area contributed by atoms with Gasteiger partial charge in [0, 0.05) is 25.2 Å². The summed E-state index contributed by atoms with van der Waals surface area (Å²) in [5.74, 6) is -0.0156. The number of esters is 1. The maximum atomic E-state index is 12.7. The largest absolute Gasteiger partial charge is 0.490 e. The molecule has 0 aliphatic carbocycles. The van der Waals surface area contributed by atoms with Gasteiger partial charge in [0.2, 0.25) is 0 Å². The van der Waals surface area contributed by atoms with Gasteiger partial charge in [-0.15, -0.1) is 0 Å². The Morgan fingerprint density at radius 2 is 1.77 bits per heavy atom. The van der Waals surface area contributed by atoms with Crippen LogP contribution < -0.4 is 14.8 Å². The van der Waals surface area contributed by atoms with Gasteiger partial charge in [0.1, 0.15) is 5.82 Å². The average molecular weight is 487 g/mol. The summed E-state index contributed by atoms with van der Waals surface area (Å²) in [6, 6.07) is 6.31. The van der Waals surface area contributed by atoms with Crippen LogP contribution in [0.4, 0.5) is 5.82 Å². The molecule has 0 saturated carbocycles. The highest BCUT2D eigenvalue weighted by atomic mass is 16.5. The number of hydrogen-bond donors (Lipinski definition) is 1. The van der Waals surface area contributed by atoms with Crippen LogP contribution >= 0.6 is 0 Å². The Morgan fingerprint density at radius 1 is 1.03 bits per heavy atom. The molecule has 0 bridgehead atoms. The number of piperidine rings is 1. The lowest BCUT2D eigenvalue weighted by Crippen LogP contribution is -2.38. The zero-order valence-corrected chi connectivity index (χ0v) is 20.8. The topological polar surface area (TPSA) is 112 Å². The van der Waals surface area contributed by atoms with E-state index in [-0.39, 0.29) is 24.1 Å². The fourth-order valence-corrected chi connectivity index (χ4v) is 3.73. The summed E-state index contributed by atoms with van der Waals surface area (Å²) >= 11 is 0. The Bertz CT molecular complexity index is 1030. The van der Waals surface area contributed by atoms with E-state index in [9.17, 15) is 14.4 Å². The van der Waals surface area contributed by atoms with Gasteiger partial charge < -0.3 is 24.4 Å². The number of rotatable bonds is 10. The SMILES string of the molecule is CCOc1cc(C(=O)OC(C)C(=O)Nc2ccnn2C(C)C)ccc1OCC(=O)N1CCCCC1. The quantitative estimate of drug-likeness (QED) is 0.512. The number of nitrogens with one attached hydrogen (secondary N) is 1. The lowest BCUT2D eigenvalue weighted by atomic mass is 10.1. The molecule has 1 aromatic heterocycles. The molecule has 2 amide bonds. The van der Waals surface area contributed by atoms with Crippen molar-refractivity contribution < 1.29 is 28.6 Å². The van der Waals surface area contributed by atoms with Crippen LogP contribution in [-0.4, -0.2) is 64.9 Å². The number of carbonyl (C=O) groups is 3. The van der Waals surface area contributed by atoms with E-state index in [1.807, 2.05) is 20.8 Å². The third-order valence-electron chi connectivity index (χ3n) is 5.60. The molecule has 2 heterocycles. The number of ether oxygens (including phenoxy) is 3. The van der Waals surface area contributed by atoms with Crippen LogP contribution in [-0.2, 0) is 14.3 Å². The molecule has 1 N–H and O–H groups in total. The van der Waals surface area contributed by atoms with Crippen LogP contribution in [0.5, 0.6) is 11.5 Å². The van der Waals surface area contributed by atoms with Crippen LogP contribution in [0.2, 0.25) is 0 Å². The minimum Gasteiger partial charge on any atom is -0.490 e. The fourth-order valence-electron chi connectivity index (χ4n) is 3.73. The minimum atomic E-state index is -1.04. The first-order valence-electron chi connectivity index (χ1n) is 12.0. The van der Waals surface area contributed by atoms with Crippen LogP contribution in [0.3, 0.4) is 0 Å². The van der Waals surface area contributed by atoms with E-state index in [1.165, 1.54) is 19.1 Å². The third kappa shape index (κ3) is 6.97. The molecule has 35 heavy (non-hydrogen) atoms. The number of likely N-dealkylation sites (tertiary alicyclic amines) is 1. The molecule has 1 unspecified atom stereocenters. The number of benzene rings is 1. The maximum absolute atomic E-state index is 12.7. The van der Waals surface area contributed by atoms with E-state index >= 15 is 0 Å². The third-order valence-corrected chi connectivity index (χ3v) is 5.60. The molecule has 1 aromatic carbocycles. The van der Waals surface area contributed by atoms with Gasteiger partial charge in [-0.3, -0.25) is 9.59 Å². The summed E-state index contributed by atoms with van der Waals surface area (Å²) in [4.78, 5) is 39.5. The van der Waals surface area contributed by atoms with Crippen molar-refractivity contribution in [3.8, 4) is 11.5 Å². The highest BCUT2D eigenvalue weighted by Crippen LogP contribution is 2.29. The summed E-state index contributed by atoms with van der Waals surface area (Å²) in [7, 11) is 0. The van der Waals surface area contributed by atoms with Gasteiger partial charge in [-0.05, 0) is 65.2 Å². The normalized spacial score (nSPS) is 14.4. The Labute approximate surface area is 205 Å². The highest BCUT2D eigenvalue weighted by Gasteiger charge is 2.22. The number of nitrogens with zero attached hydrogens (tertiary/aromatic N) is 3.